The number of benzene rings is 1. The number of carbonyl (C=O) groups is 2. The minimum atomic E-state index is 0.125. The van der Waals surface area contributed by atoms with Crippen molar-refractivity contribution in [3.8, 4) is 0 Å². The van der Waals surface area contributed by atoms with Crippen LogP contribution in [0.15, 0.2) is 30.3 Å². The lowest BCUT2D eigenvalue weighted by atomic mass is 9.82. The van der Waals surface area contributed by atoms with Crippen LogP contribution in [0.4, 0.5) is 0 Å². The predicted octanol–water partition coefficient (Wildman–Crippen LogP) is 1.64. The van der Waals surface area contributed by atoms with Crippen LogP contribution in [0.2, 0.25) is 0 Å². The molecule has 2 saturated heterocycles. The molecule has 2 heterocycles. The van der Waals surface area contributed by atoms with Crippen molar-refractivity contribution in [3.05, 3.63) is 35.9 Å². The maximum Gasteiger partial charge on any atom is 0.254 e. The molecule has 128 valence electrons. The molecule has 1 aromatic carbocycles. The lowest BCUT2D eigenvalue weighted by Crippen LogP contribution is -2.67. The second-order valence-electron chi connectivity index (χ2n) is 7.10. The first-order valence-corrected chi connectivity index (χ1v) is 9.14. The smallest absolute Gasteiger partial charge is 0.254 e. The maximum absolute atomic E-state index is 13.0. The van der Waals surface area contributed by atoms with Crippen molar-refractivity contribution in [2.45, 2.75) is 50.2 Å². The molecule has 0 unspecified atom stereocenters. The molecule has 4 rings (SSSR count). The lowest BCUT2D eigenvalue weighted by Gasteiger charge is -2.50. The van der Waals surface area contributed by atoms with Crippen molar-refractivity contribution < 1.29 is 9.59 Å². The van der Waals surface area contributed by atoms with Gasteiger partial charge in [0.25, 0.3) is 5.91 Å². The van der Waals surface area contributed by atoms with Crippen molar-refractivity contribution in [2.75, 3.05) is 19.6 Å². The van der Waals surface area contributed by atoms with Gasteiger partial charge in [0.1, 0.15) is 0 Å². The number of piperazine rings is 1. The van der Waals surface area contributed by atoms with E-state index in [1.165, 1.54) is 0 Å². The lowest BCUT2D eigenvalue weighted by molar-refractivity contribution is -0.131. The number of carbonyl (C=O) groups excluding carboxylic acids is 2. The van der Waals surface area contributed by atoms with Crippen LogP contribution in [0.1, 0.15) is 42.5 Å². The standard InChI is InChI=1S/C19H25N3O2/c23-17-10-5-12-21(17)15-8-4-9-16-18(15)20-11-13-22(16)19(24)14-6-2-1-3-7-14/h1-3,6-7,15-16,18,20H,4-5,8-13H2/t15-,16+,18-/m1/s1. The summed E-state index contributed by atoms with van der Waals surface area (Å²) in [4.78, 5) is 29.3. The van der Waals surface area contributed by atoms with Gasteiger partial charge in [-0.1, -0.05) is 18.2 Å². The van der Waals surface area contributed by atoms with Crippen LogP contribution in [0, 0.1) is 0 Å². The zero-order valence-corrected chi connectivity index (χ0v) is 14.0. The third-order valence-corrected chi connectivity index (χ3v) is 5.75. The molecule has 0 radical (unpaired) electrons. The summed E-state index contributed by atoms with van der Waals surface area (Å²) in [6, 6.07) is 10.2. The van der Waals surface area contributed by atoms with Crippen molar-refractivity contribution in [3.63, 3.8) is 0 Å². The highest BCUT2D eigenvalue weighted by Crippen LogP contribution is 2.32. The summed E-state index contributed by atoms with van der Waals surface area (Å²) in [5.74, 6) is 0.412. The minimum Gasteiger partial charge on any atom is -0.338 e. The number of nitrogens with one attached hydrogen (secondary N) is 1. The molecule has 1 saturated carbocycles. The molecule has 24 heavy (non-hydrogen) atoms. The monoisotopic (exact) mass is 327 g/mol. The molecule has 5 nitrogen and oxygen atoms in total. The number of hydrogen-bond acceptors (Lipinski definition) is 3. The summed E-state index contributed by atoms with van der Waals surface area (Å²) < 4.78 is 0. The van der Waals surface area contributed by atoms with E-state index in [2.05, 4.69) is 10.2 Å². The molecule has 1 N–H and O–H groups in total. The van der Waals surface area contributed by atoms with E-state index in [4.69, 9.17) is 0 Å². The Bertz CT molecular complexity index is 618. The topological polar surface area (TPSA) is 52.7 Å². The molecular formula is C19H25N3O2. The van der Waals surface area contributed by atoms with Gasteiger partial charge in [-0.15, -0.1) is 0 Å². The second kappa shape index (κ2) is 6.55. The molecule has 0 spiro atoms. The number of hydrogen-bond donors (Lipinski definition) is 1. The molecular weight excluding hydrogens is 302 g/mol. The third kappa shape index (κ3) is 2.71. The Morgan fingerprint density at radius 1 is 1.04 bits per heavy atom. The van der Waals surface area contributed by atoms with Crippen LogP contribution in [-0.4, -0.2) is 59.4 Å². The Kier molecular flexibility index (Phi) is 4.27. The van der Waals surface area contributed by atoms with E-state index in [0.717, 1.165) is 50.9 Å². The molecule has 1 aromatic rings. The first-order chi connectivity index (χ1) is 11.8. The van der Waals surface area contributed by atoms with E-state index in [9.17, 15) is 9.59 Å². The Morgan fingerprint density at radius 2 is 1.83 bits per heavy atom. The van der Waals surface area contributed by atoms with Crippen molar-refractivity contribution in [1.82, 2.24) is 15.1 Å². The summed E-state index contributed by atoms with van der Waals surface area (Å²) in [7, 11) is 0. The van der Waals surface area contributed by atoms with Gasteiger partial charge in [0.05, 0.1) is 0 Å². The first kappa shape index (κ1) is 15.6. The Balaban J connectivity index is 1.56. The van der Waals surface area contributed by atoms with Crippen LogP contribution in [-0.2, 0) is 4.79 Å². The highest BCUT2D eigenvalue weighted by atomic mass is 16.2. The molecule has 3 aliphatic rings. The van der Waals surface area contributed by atoms with Crippen molar-refractivity contribution >= 4 is 11.8 Å². The van der Waals surface area contributed by atoms with E-state index in [1.54, 1.807) is 0 Å². The molecule has 0 aromatic heterocycles. The summed E-state index contributed by atoms with van der Waals surface area (Å²) in [6.07, 6.45) is 4.80. The van der Waals surface area contributed by atoms with Crippen molar-refractivity contribution in [1.29, 1.82) is 0 Å². The first-order valence-electron chi connectivity index (χ1n) is 9.14. The zero-order chi connectivity index (χ0) is 16.5. The molecule has 3 fully saturated rings. The molecule has 5 heteroatoms. The quantitative estimate of drug-likeness (QED) is 0.898. The van der Waals surface area contributed by atoms with E-state index in [-0.39, 0.29) is 29.9 Å². The molecule has 2 aliphatic heterocycles. The van der Waals surface area contributed by atoms with Crippen LogP contribution in [0.3, 0.4) is 0 Å². The number of likely N-dealkylation sites (tertiary alicyclic amines) is 1. The van der Waals surface area contributed by atoms with E-state index in [1.807, 2.05) is 35.2 Å². The Morgan fingerprint density at radius 3 is 2.58 bits per heavy atom. The molecule has 3 atom stereocenters. The highest BCUT2D eigenvalue weighted by molar-refractivity contribution is 5.94. The average molecular weight is 327 g/mol. The van der Waals surface area contributed by atoms with E-state index < -0.39 is 0 Å². The number of rotatable bonds is 2. The van der Waals surface area contributed by atoms with Crippen LogP contribution < -0.4 is 5.32 Å². The zero-order valence-electron chi connectivity index (χ0n) is 14.0. The Hall–Kier alpha value is -1.88. The second-order valence-corrected chi connectivity index (χ2v) is 7.10. The maximum atomic E-state index is 13.0. The van der Waals surface area contributed by atoms with E-state index >= 15 is 0 Å². The van der Waals surface area contributed by atoms with Crippen molar-refractivity contribution in [2.24, 2.45) is 0 Å². The third-order valence-electron chi connectivity index (χ3n) is 5.75. The summed E-state index contributed by atoms with van der Waals surface area (Å²) in [5, 5.41) is 3.62. The van der Waals surface area contributed by atoms with E-state index in [0.29, 0.717) is 6.42 Å². The number of fused-ring (bicyclic) bond motifs is 1. The summed E-state index contributed by atoms with van der Waals surface area (Å²) in [5.41, 5.74) is 0.762. The van der Waals surface area contributed by atoms with Crippen LogP contribution in [0.5, 0.6) is 0 Å². The van der Waals surface area contributed by atoms with Gasteiger partial charge in [-0.25, -0.2) is 0 Å². The van der Waals surface area contributed by atoms with Crippen LogP contribution in [0.25, 0.3) is 0 Å². The predicted molar refractivity (Wildman–Crippen MR) is 91.6 cm³/mol. The van der Waals surface area contributed by atoms with Gasteiger partial charge in [-0.05, 0) is 37.8 Å². The normalized spacial score (nSPS) is 30.3. The Labute approximate surface area is 143 Å². The van der Waals surface area contributed by atoms with Gasteiger partial charge in [-0.2, -0.15) is 0 Å². The SMILES string of the molecule is O=C1CCCN1[C@@H]1CCC[C@H]2[C@@H]1NCCN2C(=O)c1ccccc1. The molecule has 0 bridgehead atoms. The number of amides is 2. The van der Waals surface area contributed by atoms with Gasteiger partial charge >= 0.3 is 0 Å². The fourth-order valence-electron chi connectivity index (χ4n) is 4.66. The fourth-order valence-corrected chi connectivity index (χ4v) is 4.66. The van der Waals surface area contributed by atoms with Gasteiger partial charge in [-0.3, -0.25) is 9.59 Å². The van der Waals surface area contributed by atoms with Crippen LogP contribution >= 0.6 is 0 Å². The summed E-state index contributed by atoms with van der Waals surface area (Å²) >= 11 is 0. The fraction of sp³-hybridized carbons (Fsp3) is 0.579. The molecule has 2 amide bonds. The highest BCUT2D eigenvalue weighted by Gasteiger charge is 2.44. The van der Waals surface area contributed by atoms with Gasteiger partial charge < -0.3 is 15.1 Å². The summed E-state index contributed by atoms with van der Waals surface area (Å²) in [6.45, 7) is 2.43. The average Bonchev–Trinajstić information content (AvgIpc) is 3.06. The number of nitrogens with zero attached hydrogens (tertiary/aromatic N) is 2. The molecule has 1 aliphatic carbocycles. The van der Waals surface area contributed by atoms with Gasteiger partial charge in [0.15, 0.2) is 0 Å². The van der Waals surface area contributed by atoms with Gasteiger partial charge in [0, 0.05) is 49.7 Å². The minimum absolute atomic E-state index is 0.125. The van der Waals surface area contributed by atoms with Gasteiger partial charge in [0.2, 0.25) is 5.91 Å². The largest absolute Gasteiger partial charge is 0.338 e.